The number of carbonyl (C=O) groups is 1. The van der Waals surface area contributed by atoms with E-state index in [1.165, 1.54) is 69.7 Å². The van der Waals surface area contributed by atoms with E-state index in [4.69, 9.17) is 0 Å². The molecule has 0 heterocycles. The Balaban J connectivity index is 2.06. The van der Waals surface area contributed by atoms with Gasteiger partial charge in [-0.3, -0.25) is 14.9 Å². The molecule has 0 aliphatic heterocycles. The van der Waals surface area contributed by atoms with Crippen LogP contribution in [0, 0.1) is 10.1 Å². The Morgan fingerprint density at radius 2 is 1.69 bits per heavy atom. The summed E-state index contributed by atoms with van der Waals surface area (Å²) in [5.74, 6) is -0.119. The summed E-state index contributed by atoms with van der Waals surface area (Å²) in [6.45, 7) is 2.23. The minimum absolute atomic E-state index is 0.00522. The first-order chi connectivity index (χ1) is 12.6. The second-order valence-electron chi connectivity index (χ2n) is 6.58. The van der Waals surface area contributed by atoms with E-state index < -0.39 is 4.92 Å². The normalized spacial score (nSPS) is 11.0. The lowest BCUT2D eigenvalue weighted by atomic mass is 10.1. The van der Waals surface area contributed by atoms with Gasteiger partial charge in [-0.25, -0.2) is 5.43 Å². The van der Waals surface area contributed by atoms with E-state index in [9.17, 15) is 14.9 Å². The molecule has 0 aliphatic carbocycles. The van der Waals surface area contributed by atoms with Crippen LogP contribution in [-0.4, -0.2) is 17.0 Å². The second-order valence-corrected chi connectivity index (χ2v) is 6.58. The third-order valence-corrected chi connectivity index (χ3v) is 4.24. The van der Waals surface area contributed by atoms with Crippen LogP contribution in [0.3, 0.4) is 0 Å². The summed E-state index contributed by atoms with van der Waals surface area (Å²) >= 11 is 0. The first-order valence-electron chi connectivity index (χ1n) is 9.70. The third-order valence-electron chi connectivity index (χ3n) is 4.24. The van der Waals surface area contributed by atoms with Crippen molar-refractivity contribution in [3.63, 3.8) is 0 Å². The van der Waals surface area contributed by atoms with Crippen molar-refractivity contribution in [2.24, 2.45) is 5.10 Å². The van der Waals surface area contributed by atoms with E-state index in [-0.39, 0.29) is 11.6 Å². The molecule has 0 saturated carbocycles. The number of unbranched alkanes of at least 4 members (excludes halogenated alkanes) is 9. The number of nitro benzene ring substituents is 1. The Bertz CT molecular complexity index is 573. The molecule has 26 heavy (non-hydrogen) atoms. The molecule has 0 atom stereocenters. The number of nitro groups is 1. The maximum Gasteiger partial charge on any atom is 0.270 e. The molecule has 144 valence electrons. The Morgan fingerprint density at radius 3 is 2.31 bits per heavy atom. The van der Waals surface area contributed by atoms with Gasteiger partial charge in [-0.2, -0.15) is 5.10 Å². The molecule has 1 amide bonds. The smallest absolute Gasteiger partial charge is 0.270 e. The minimum atomic E-state index is -0.457. The summed E-state index contributed by atoms with van der Waals surface area (Å²) < 4.78 is 0. The fourth-order valence-corrected chi connectivity index (χ4v) is 2.73. The van der Waals surface area contributed by atoms with Crippen molar-refractivity contribution in [3.05, 3.63) is 39.9 Å². The molecular weight excluding hydrogens is 330 g/mol. The molecule has 0 aliphatic rings. The predicted octanol–water partition coefficient (Wildman–Crippen LogP) is 5.36. The number of amides is 1. The Kier molecular flexibility index (Phi) is 11.7. The molecule has 1 rings (SSSR count). The molecule has 0 aromatic heterocycles. The van der Waals surface area contributed by atoms with Gasteiger partial charge in [0.05, 0.1) is 11.1 Å². The van der Waals surface area contributed by atoms with Crippen LogP contribution in [0.4, 0.5) is 5.69 Å². The van der Waals surface area contributed by atoms with Gasteiger partial charge in [0.15, 0.2) is 0 Å². The fraction of sp³-hybridized carbons (Fsp3) is 0.600. The molecule has 1 N–H and O–H groups in total. The van der Waals surface area contributed by atoms with Crippen molar-refractivity contribution in [1.29, 1.82) is 0 Å². The molecule has 0 unspecified atom stereocenters. The van der Waals surface area contributed by atoms with Gasteiger partial charge >= 0.3 is 0 Å². The van der Waals surface area contributed by atoms with E-state index in [0.717, 1.165) is 12.8 Å². The molecule has 6 heteroatoms. The van der Waals surface area contributed by atoms with Crippen LogP contribution < -0.4 is 5.43 Å². The zero-order valence-electron chi connectivity index (χ0n) is 15.8. The molecule has 0 radical (unpaired) electrons. The average molecular weight is 361 g/mol. The van der Waals surface area contributed by atoms with Crippen LogP contribution in [0.2, 0.25) is 0 Å². The van der Waals surface area contributed by atoms with E-state index in [0.29, 0.717) is 12.0 Å². The van der Waals surface area contributed by atoms with Crippen molar-refractivity contribution in [2.75, 3.05) is 0 Å². The Labute approximate surface area is 156 Å². The third kappa shape index (κ3) is 10.6. The van der Waals surface area contributed by atoms with Gasteiger partial charge in [0.2, 0.25) is 5.91 Å². The zero-order chi connectivity index (χ0) is 19.0. The number of rotatable bonds is 14. The minimum Gasteiger partial charge on any atom is -0.273 e. The summed E-state index contributed by atoms with van der Waals surface area (Å²) in [5.41, 5.74) is 3.06. The zero-order valence-corrected chi connectivity index (χ0v) is 15.8. The number of hydrazone groups is 1. The number of nitrogens with zero attached hydrogens (tertiary/aromatic N) is 2. The Hall–Kier alpha value is -2.24. The van der Waals surface area contributed by atoms with Gasteiger partial charge in [0.1, 0.15) is 0 Å². The summed E-state index contributed by atoms with van der Waals surface area (Å²) in [6.07, 6.45) is 14.2. The number of hydrogen-bond donors (Lipinski definition) is 1. The molecule has 0 bridgehead atoms. The molecule has 1 aromatic carbocycles. The van der Waals surface area contributed by atoms with Crippen molar-refractivity contribution in [2.45, 2.75) is 77.6 Å². The van der Waals surface area contributed by atoms with Gasteiger partial charge in [0, 0.05) is 24.1 Å². The van der Waals surface area contributed by atoms with Crippen LogP contribution in [0.1, 0.15) is 83.1 Å². The summed E-state index contributed by atoms with van der Waals surface area (Å²) in [7, 11) is 0. The molecule has 1 aromatic rings. The van der Waals surface area contributed by atoms with Gasteiger partial charge < -0.3 is 0 Å². The van der Waals surface area contributed by atoms with E-state index in [2.05, 4.69) is 17.5 Å². The van der Waals surface area contributed by atoms with Gasteiger partial charge in [-0.05, 0) is 6.42 Å². The van der Waals surface area contributed by atoms with Crippen molar-refractivity contribution in [3.8, 4) is 0 Å². The molecular formula is C20H31N3O3. The number of benzene rings is 1. The number of hydrogen-bond acceptors (Lipinski definition) is 4. The highest BCUT2D eigenvalue weighted by molar-refractivity contribution is 5.83. The first-order valence-corrected chi connectivity index (χ1v) is 9.70. The summed E-state index contributed by atoms with van der Waals surface area (Å²) in [5, 5.41) is 14.6. The lowest BCUT2D eigenvalue weighted by molar-refractivity contribution is -0.384. The summed E-state index contributed by atoms with van der Waals surface area (Å²) in [6, 6.07) is 6.12. The van der Waals surface area contributed by atoms with Crippen molar-refractivity contribution >= 4 is 17.8 Å². The van der Waals surface area contributed by atoms with Crippen LogP contribution in [0.15, 0.2) is 29.4 Å². The van der Waals surface area contributed by atoms with E-state index in [1.807, 2.05) is 0 Å². The monoisotopic (exact) mass is 361 g/mol. The molecule has 6 nitrogen and oxygen atoms in total. The first kappa shape index (κ1) is 21.8. The number of non-ortho nitro benzene ring substituents is 1. The maximum absolute atomic E-state index is 11.7. The average Bonchev–Trinajstić information content (AvgIpc) is 2.63. The fourth-order valence-electron chi connectivity index (χ4n) is 2.73. The van der Waals surface area contributed by atoms with Crippen LogP contribution in [-0.2, 0) is 4.79 Å². The molecule has 0 saturated heterocycles. The maximum atomic E-state index is 11.7. The Morgan fingerprint density at radius 1 is 1.08 bits per heavy atom. The highest BCUT2D eigenvalue weighted by Crippen LogP contribution is 2.12. The van der Waals surface area contributed by atoms with Crippen molar-refractivity contribution < 1.29 is 9.72 Å². The SMILES string of the molecule is CCCCCCCCCCCCC(=O)NN=Cc1cccc([N+](=O)[O-])c1. The number of carbonyl (C=O) groups excluding carboxylic acids is 1. The van der Waals surface area contributed by atoms with E-state index >= 15 is 0 Å². The molecule has 0 fully saturated rings. The second kappa shape index (κ2) is 14.0. The topological polar surface area (TPSA) is 84.6 Å². The highest BCUT2D eigenvalue weighted by atomic mass is 16.6. The number of nitrogens with one attached hydrogen (secondary N) is 1. The highest BCUT2D eigenvalue weighted by Gasteiger charge is 2.04. The lowest BCUT2D eigenvalue weighted by Gasteiger charge is -2.02. The van der Waals surface area contributed by atoms with Crippen molar-refractivity contribution in [1.82, 2.24) is 5.43 Å². The van der Waals surface area contributed by atoms with Crippen LogP contribution in [0.5, 0.6) is 0 Å². The van der Waals surface area contributed by atoms with Crippen LogP contribution in [0.25, 0.3) is 0 Å². The van der Waals surface area contributed by atoms with Gasteiger partial charge in [-0.15, -0.1) is 0 Å². The summed E-state index contributed by atoms with van der Waals surface area (Å²) in [4.78, 5) is 22.0. The van der Waals surface area contributed by atoms with Crippen LogP contribution >= 0.6 is 0 Å². The molecule has 0 spiro atoms. The van der Waals surface area contributed by atoms with Gasteiger partial charge in [-0.1, -0.05) is 76.8 Å². The standard InChI is InChI=1S/C20H31N3O3/c1-2-3-4-5-6-7-8-9-10-11-15-20(24)22-21-17-18-13-12-14-19(16-18)23(25)26/h12-14,16-17H,2-11,15H2,1H3,(H,22,24). The quantitative estimate of drug-likeness (QED) is 0.210. The lowest BCUT2D eigenvalue weighted by Crippen LogP contribution is -2.16. The largest absolute Gasteiger partial charge is 0.273 e. The van der Waals surface area contributed by atoms with E-state index in [1.54, 1.807) is 12.1 Å². The predicted molar refractivity (Wildman–Crippen MR) is 105 cm³/mol. The van der Waals surface area contributed by atoms with Gasteiger partial charge in [0.25, 0.3) is 5.69 Å².